The summed E-state index contributed by atoms with van der Waals surface area (Å²) in [6.07, 6.45) is 1.30. The van der Waals surface area contributed by atoms with Gasteiger partial charge in [-0.05, 0) is 66.6 Å². The summed E-state index contributed by atoms with van der Waals surface area (Å²) >= 11 is 12.3. The maximum Gasteiger partial charge on any atom is 0.335 e. The van der Waals surface area contributed by atoms with Crippen LogP contribution in [-0.4, -0.2) is 17.8 Å². The van der Waals surface area contributed by atoms with Crippen molar-refractivity contribution < 1.29 is 23.5 Å². The SMILES string of the molecule is Cc1c(Cl)cccc1N1C(=O)NC(=O)/C(=C\c2cc(Cl)ccc2OCc2cccc(F)c2)C1=O. The quantitative estimate of drug-likeness (QED) is 0.362. The first-order chi connectivity index (χ1) is 16.2. The molecule has 0 aliphatic carbocycles. The lowest BCUT2D eigenvalue weighted by Gasteiger charge is -2.27. The average molecular weight is 499 g/mol. The molecular weight excluding hydrogens is 482 g/mol. The molecule has 0 radical (unpaired) electrons. The highest BCUT2D eigenvalue weighted by atomic mass is 35.5. The van der Waals surface area contributed by atoms with Gasteiger partial charge in [-0.2, -0.15) is 0 Å². The molecule has 1 heterocycles. The van der Waals surface area contributed by atoms with E-state index in [4.69, 9.17) is 27.9 Å². The van der Waals surface area contributed by atoms with Crippen molar-refractivity contribution in [1.82, 2.24) is 5.32 Å². The van der Waals surface area contributed by atoms with E-state index < -0.39 is 23.7 Å². The summed E-state index contributed by atoms with van der Waals surface area (Å²) in [4.78, 5) is 39.2. The summed E-state index contributed by atoms with van der Waals surface area (Å²) in [5, 5.41) is 2.88. The van der Waals surface area contributed by atoms with Crippen molar-refractivity contribution in [3.63, 3.8) is 0 Å². The second-order valence-corrected chi connectivity index (χ2v) is 8.29. The zero-order valence-corrected chi connectivity index (χ0v) is 19.3. The Morgan fingerprint density at radius 2 is 1.79 bits per heavy atom. The first-order valence-corrected chi connectivity index (χ1v) is 10.8. The number of rotatable bonds is 5. The number of ether oxygens (including phenoxy) is 1. The van der Waals surface area contributed by atoms with Crippen molar-refractivity contribution in [2.24, 2.45) is 0 Å². The number of amides is 4. The van der Waals surface area contributed by atoms with E-state index in [1.165, 1.54) is 24.3 Å². The van der Waals surface area contributed by atoms with Gasteiger partial charge >= 0.3 is 6.03 Å². The predicted octanol–water partition coefficient (Wildman–Crippen LogP) is 5.69. The number of nitrogens with one attached hydrogen (secondary N) is 1. The van der Waals surface area contributed by atoms with Crippen molar-refractivity contribution in [2.45, 2.75) is 13.5 Å². The van der Waals surface area contributed by atoms with E-state index >= 15 is 0 Å². The molecule has 0 bridgehead atoms. The molecule has 4 amide bonds. The smallest absolute Gasteiger partial charge is 0.335 e. The van der Waals surface area contributed by atoms with Crippen LogP contribution < -0.4 is 15.0 Å². The Morgan fingerprint density at radius 1 is 1.03 bits per heavy atom. The number of benzene rings is 3. The first-order valence-electron chi connectivity index (χ1n) is 10.1. The minimum Gasteiger partial charge on any atom is -0.488 e. The van der Waals surface area contributed by atoms with Crippen LogP contribution in [-0.2, 0) is 16.2 Å². The third-order valence-corrected chi connectivity index (χ3v) is 5.78. The Bertz CT molecular complexity index is 1360. The molecular formula is C25H17Cl2FN2O4. The number of hydrogen-bond acceptors (Lipinski definition) is 4. The van der Waals surface area contributed by atoms with E-state index in [2.05, 4.69) is 5.32 Å². The highest BCUT2D eigenvalue weighted by molar-refractivity contribution is 6.40. The van der Waals surface area contributed by atoms with Gasteiger partial charge in [0.2, 0.25) is 0 Å². The third kappa shape index (κ3) is 4.81. The van der Waals surface area contributed by atoms with E-state index in [-0.39, 0.29) is 17.9 Å². The average Bonchev–Trinajstić information content (AvgIpc) is 2.79. The number of hydrogen-bond donors (Lipinski definition) is 1. The predicted molar refractivity (Wildman–Crippen MR) is 127 cm³/mol. The molecule has 0 atom stereocenters. The minimum atomic E-state index is -0.883. The molecule has 1 saturated heterocycles. The van der Waals surface area contributed by atoms with Crippen LogP contribution in [0.4, 0.5) is 14.9 Å². The number of anilines is 1. The Labute approximate surface area is 204 Å². The minimum absolute atomic E-state index is 0.0437. The Kier molecular flexibility index (Phi) is 6.68. The van der Waals surface area contributed by atoms with Gasteiger partial charge in [0.1, 0.15) is 23.7 Å². The van der Waals surface area contributed by atoms with Crippen LogP contribution in [0.5, 0.6) is 5.75 Å². The van der Waals surface area contributed by atoms with E-state index in [0.717, 1.165) is 4.90 Å². The highest BCUT2D eigenvalue weighted by Crippen LogP contribution is 2.31. The molecule has 0 aromatic heterocycles. The van der Waals surface area contributed by atoms with Crippen LogP contribution in [0.3, 0.4) is 0 Å². The van der Waals surface area contributed by atoms with Crippen molar-refractivity contribution >= 4 is 52.8 Å². The van der Waals surface area contributed by atoms with Gasteiger partial charge in [-0.3, -0.25) is 14.9 Å². The summed E-state index contributed by atoms with van der Waals surface area (Å²) in [5.74, 6) is -1.77. The molecule has 6 nitrogen and oxygen atoms in total. The summed E-state index contributed by atoms with van der Waals surface area (Å²) in [6, 6.07) is 14.5. The molecule has 0 spiro atoms. The number of nitrogens with zero attached hydrogens (tertiary/aromatic N) is 1. The standard InChI is InChI=1S/C25H17Cl2FN2O4/c1-14-20(27)6-3-7-21(14)30-24(32)19(23(31)29-25(30)33)12-16-11-17(26)8-9-22(16)34-13-15-4-2-5-18(28)10-15/h2-12H,13H2,1H3,(H,29,31,33)/b19-12+. The van der Waals surface area contributed by atoms with E-state index in [9.17, 15) is 18.8 Å². The van der Waals surface area contributed by atoms with Crippen LogP contribution >= 0.6 is 23.2 Å². The topological polar surface area (TPSA) is 75.7 Å². The normalized spacial score (nSPS) is 15.0. The van der Waals surface area contributed by atoms with Crippen molar-refractivity contribution in [3.05, 3.63) is 98.8 Å². The third-order valence-electron chi connectivity index (χ3n) is 5.14. The Morgan fingerprint density at radius 3 is 2.56 bits per heavy atom. The number of carbonyl (C=O) groups is 3. The molecule has 1 aliphatic rings. The summed E-state index contributed by atoms with van der Waals surface area (Å²) in [6.45, 7) is 1.70. The molecule has 9 heteroatoms. The largest absolute Gasteiger partial charge is 0.488 e. The lowest BCUT2D eigenvalue weighted by Crippen LogP contribution is -2.54. The fraction of sp³-hybridized carbons (Fsp3) is 0.0800. The fourth-order valence-corrected chi connectivity index (χ4v) is 3.77. The lowest BCUT2D eigenvalue weighted by atomic mass is 10.0. The van der Waals surface area contributed by atoms with Gasteiger partial charge in [0.15, 0.2) is 0 Å². The van der Waals surface area contributed by atoms with Crippen molar-refractivity contribution in [1.29, 1.82) is 0 Å². The number of carbonyl (C=O) groups excluding carboxylic acids is 3. The summed E-state index contributed by atoms with van der Waals surface area (Å²) in [5.41, 5.74) is 1.38. The molecule has 1 aliphatic heterocycles. The van der Waals surface area contributed by atoms with Crippen LogP contribution in [0.1, 0.15) is 16.7 Å². The highest BCUT2D eigenvalue weighted by Gasteiger charge is 2.37. The molecule has 0 unspecified atom stereocenters. The van der Waals surface area contributed by atoms with Crippen LogP contribution in [0, 0.1) is 12.7 Å². The second kappa shape index (κ2) is 9.67. The molecule has 4 rings (SSSR count). The van der Waals surface area contributed by atoms with Gasteiger partial charge in [0, 0.05) is 15.6 Å². The first kappa shape index (κ1) is 23.5. The van der Waals surface area contributed by atoms with Gasteiger partial charge in [-0.25, -0.2) is 14.1 Å². The number of halogens is 3. The monoisotopic (exact) mass is 498 g/mol. The summed E-state index contributed by atoms with van der Waals surface area (Å²) in [7, 11) is 0. The van der Waals surface area contributed by atoms with Crippen LogP contribution in [0.25, 0.3) is 6.08 Å². The maximum atomic E-state index is 13.5. The van der Waals surface area contributed by atoms with Gasteiger partial charge in [0.05, 0.1) is 5.69 Å². The van der Waals surface area contributed by atoms with Crippen LogP contribution in [0.15, 0.2) is 66.2 Å². The van der Waals surface area contributed by atoms with E-state index in [1.807, 2.05) is 0 Å². The molecule has 3 aromatic carbocycles. The second-order valence-electron chi connectivity index (χ2n) is 7.44. The van der Waals surface area contributed by atoms with Crippen LogP contribution in [0.2, 0.25) is 10.0 Å². The molecule has 0 saturated carbocycles. The van der Waals surface area contributed by atoms with Gasteiger partial charge in [-0.15, -0.1) is 0 Å². The molecule has 3 aromatic rings. The maximum absolute atomic E-state index is 13.5. The van der Waals surface area contributed by atoms with Crippen molar-refractivity contribution in [2.75, 3.05) is 4.90 Å². The molecule has 1 fully saturated rings. The van der Waals surface area contributed by atoms with Gasteiger partial charge in [-0.1, -0.05) is 41.4 Å². The van der Waals surface area contributed by atoms with E-state index in [1.54, 1.807) is 49.4 Å². The van der Waals surface area contributed by atoms with Crippen molar-refractivity contribution in [3.8, 4) is 5.75 Å². The van der Waals surface area contributed by atoms with Gasteiger partial charge < -0.3 is 4.74 Å². The van der Waals surface area contributed by atoms with E-state index in [0.29, 0.717) is 32.5 Å². The lowest BCUT2D eigenvalue weighted by molar-refractivity contribution is -0.122. The number of urea groups is 1. The zero-order valence-electron chi connectivity index (χ0n) is 17.8. The molecule has 34 heavy (non-hydrogen) atoms. The number of imide groups is 2. The fourth-order valence-electron chi connectivity index (χ4n) is 3.42. The molecule has 1 N–H and O–H groups in total. The molecule has 172 valence electrons. The zero-order chi connectivity index (χ0) is 24.4. The van der Waals surface area contributed by atoms with Gasteiger partial charge in [0.25, 0.3) is 11.8 Å². The summed E-state index contributed by atoms with van der Waals surface area (Å²) < 4.78 is 19.3. The number of barbiturate groups is 1. The Balaban J connectivity index is 1.70. The Hall–Kier alpha value is -3.68.